The lowest BCUT2D eigenvalue weighted by molar-refractivity contribution is -0.158. The van der Waals surface area contributed by atoms with Crippen LogP contribution in [0.1, 0.15) is 47.9 Å². The first kappa shape index (κ1) is 20.3. The molecule has 0 spiro atoms. The highest BCUT2D eigenvalue weighted by molar-refractivity contribution is 7.12. The van der Waals surface area contributed by atoms with Crippen LogP contribution in [0.15, 0.2) is 53.8 Å². The molecule has 3 unspecified atom stereocenters. The number of Topliss-reactive ketones (excluding diaryl/α,β-unsaturated/α-hetero) is 1. The Morgan fingerprint density at radius 1 is 1.07 bits per heavy atom. The summed E-state index contributed by atoms with van der Waals surface area (Å²) in [6.45, 7) is 5.90. The molecular weight excluding hydrogens is 372 g/mol. The Balaban J connectivity index is 1.89. The minimum Gasteiger partial charge on any atom is -0.504 e. The summed E-state index contributed by atoms with van der Waals surface area (Å²) in [5, 5.41) is 10.7. The highest BCUT2D eigenvalue weighted by Gasteiger charge is 2.43. The fraction of sp³-hybridized carbons (Fsp3) is 0.391. The Hall–Kier alpha value is -2.40. The van der Waals surface area contributed by atoms with Gasteiger partial charge in [0.05, 0.1) is 5.57 Å². The third-order valence-corrected chi connectivity index (χ3v) is 6.47. The molecule has 2 heterocycles. The van der Waals surface area contributed by atoms with Gasteiger partial charge in [0.2, 0.25) is 5.78 Å². The molecule has 0 fully saturated rings. The first-order valence-electron chi connectivity index (χ1n) is 9.74. The van der Waals surface area contributed by atoms with Crippen LogP contribution in [0, 0.1) is 12.8 Å². The molecule has 1 aromatic heterocycles. The van der Waals surface area contributed by atoms with Crippen LogP contribution < -0.4 is 0 Å². The molecule has 0 aliphatic carbocycles. The van der Waals surface area contributed by atoms with Crippen molar-refractivity contribution in [1.29, 1.82) is 0 Å². The van der Waals surface area contributed by atoms with Crippen molar-refractivity contribution in [3.8, 4) is 0 Å². The topological polar surface area (TPSA) is 63.6 Å². The number of aliphatic hydroxyl groups excluding tert-OH is 1. The van der Waals surface area contributed by atoms with Crippen LogP contribution in [0.2, 0.25) is 0 Å². The number of carbonyl (C=O) groups is 2. The molecule has 1 N–H and O–H groups in total. The van der Waals surface area contributed by atoms with Gasteiger partial charge >= 0.3 is 5.97 Å². The fourth-order valence-electron chi connectivity index (χ4n) is 3.78. The van der Waals surface area contributed by atoms with Crippen LogP contribution in [0.3, 0.4) is 0 Å². The van der Waals surface area contributed by atoms with Crippen LogP contribution >= 0.6 is 11.3 Å². The number of thiophene rings is 1. The maximum absolute atomic E-state index is 12.9. The molecule has 3 rings (SSSR count). The van der Waals surface area contributed by atoms with Crippen molar-refractivity contribution in [3.05, 3.63) is 69.1 Å². The molecule has 28 heavy (non-hydrogen) atoms. The molecule has 4 nitrogen and oxygen atoms in total. The normalized spacial score (nSPS) is 19.5. The lowest BCUT2D eigenvalue weighted by atomic mass is 9.84. The minimum absolute atomic E-state index is 0.0974. The molecular formula is C23H26O4S. The summed E-state index contributed by atoms with van der Waals surface area (Å²) in [6.07, 6.45) is 0.949. The summed E-state index contributed by atoms with van der Waals surface area (Å²) in [4.78, 5) is 27.9. The number of ether oxygens (including phenoxy) is 1. The van der Waals surface area contributed by atoms with Gasteiger partial charge in [-0.05, 0) is 43.9 Å². The summed E-state index contributed by atoms with van der Waals surface area (Å²) in [5.41, 5.74) is 1.17. The first-order chi connectivity index (χ1) is 13.5. The van der Waals surface area contributed by atoms with Gasteiger partial charge in [-0.15, -0.1) is 11.3 Å². The van der Waals surface area contributed by atoms with Gasteiger partial charge in [-0.3, -0.25) is 4.79 Å². The van der Waals surface area contributed by atoms with Gasteiger partial charge in [-0.1, -0.05) is 44.2 Å². The Labute approximate surface area is 169 Å². The Kier molecular flexibility index (Phi) is 6.35. The molecule has 1 aliphatic rings. The molecule has 148 valence electrons. The largest absolute Gasteiger partial charge is 0.504 e. The Bertz CT molecular complexity index is 881. The van der Waals surface area contributed by atoms with E-state index in [-0.39, 0.29) is 17.4 Å². The summed E-state index contributed by atoms with van der Waals surface area (Å²) in [7, 11) is 0. The maximum atomic E-state index is 12.9. The average Bonchev–Trinajstić information content (AvgIpc) is 3.13. The Morgan fingerprint density at radius 2 is 1.79 bits per heavy atom. The number of rotatable bonds is 7. The highest BCUT2D eigenvalue weighted by atomic mass is 32.1. The van der Waals surface area contributed by atoms with Crippen LogP contribution in [0.25, 0.3) is 0 Å². The van der Waals surface area contributed by atoms with E-state index in [0.29, 0.717) is 19.3 Å². The quantitative estimate of drug-likeness (QED) is 0.657. The highest BCUT2D eigenvalue weighted by Crippen LogP contribution is 2.38. The van der Waals surface area contributed by atoms with E-state index in [0.717, 1.165) is 15.3 Å². The number of cyclic esters (lactones) is 1. The molecule has 0 saturated carbocycles. The maximum Gasteiger partial charge on any atom is 0.339 e. The van der Waals surface area contributed by atoms with Crippen LogP contribution in [-0.2, 0) is 20.7 Å². The van der Waals surface area contributed by atoms with Gasteiger partial charge in [0.25, 0.3) is 0 Å². The van der Waals surface area contributed by atoms with Crippen molar-refractivity contribution < 1.29 is 19.4 Å². The van der Waals surface area contributed by atoms with E-state index in [1.165, 1.54) is 0 Å². The monoisotopic (exact) mass is 398 g/mol. The van der Waals surface area contributed by atoms with Crippen molar-refractivity contribution in [2.24, 2.45) is 5.92 Å². The lowest BCUT2D eigenvalue weighted by Crippen LogP contribution is -2.42. The second-order valence-electron chi connectivity index (χ2n) is 7.22. The Morgan fingerprint density at radius 3 is 2.36 bits per heavy atom. The van der Waals surface area contributed by atoms with Crippen LogP contribution in [0.5, 0.6) is 0 Å². The number of carbonyl (C=O) groups excluding carboxylic acids is 2. The number of benzene rings is 1. The predicted octanol–water partition coefficient (Wildman–Crippen LogP) is 5.13. The number of ketones is 1. The molecule has 1 aromatic carbocycles. The zero-order valence-corrected chi connectivity index (χ0v) is 17.3. The number of hydrogen-bond acceptors (Lipinski definition) is 5. The summed E-state index contributed by atoms with van der Waals surface area (Å²) < 4.78 is 5.62. The van der Waals surface area contributed by atoms with Crippen molar-refractivity contribution in [2.75, 3.05) is 0 Å². The number of esters is 1. The summed E-state index contributed by atoms with van der Waals surface area (Å²) in [5.74, 6) is -1.99. The van der Waals surface area contributed by atoms with Crippen molar-refractivity contribution >= 4 is 23.1 Å². The second-order valence-corrected chi connectivity index (χ2v) is 8.54. The molecule has 0 radical (unpaired) electrons. The van der Waals surface area contributed by atoms with Crippen LogP contribution in [0.4, 0.5) is 0 Å². The predicted molar refractivity (Wildman–Crippen MR) is 111 cm³/mol. The smallest absolute Gasteiger partial charge is 0.339 e. The van der Waals surface area contributed by atoms with Gasteiger partial charge < -0.3 is 9.84 Å². The van der Waals surface area contributed by atoms with Gasteiger partial charge in [-0.25, -0.2) is 4.79 Å². The van der Waals surface area contributed by atoms with Crippen molar-refractivity contribution in [2.45, 2.75) is 52.1 Å². The van der Waals surface area contributed by atoms with E-state index in [9.17, 15) is 14.7 Å². The van der Waals surface area contributed by atoms with Gasteiger partial charge in [-0.2, -0.15) is 0 Å². The van der Waals surface area contributed by atoms with E-state index >= 15 is 0 Å². The lowest BCUT2D eigenvalue weighted by Gasteiger charge is -2.31. The van der Waals surface area contributed by atoms with E-state index < -0.39 is 23.6 Å². The second kappa shape index (κ2) is 8.74. The van der Waals surface area contributed by atoms with Gasteiger partial charge in [0, 0.05) is 21.6 Å². The molecule has 0 amide bonds. The molecule has 0 bridgehead atoms. The number of aliphatic hydroxyl groups is 1. The van der Waals surface area contributed by atoms with Crippen molar-refractivity contribution in [3.63, 3.8) is 0 Å². The van der Waals surface area contributed by atoms with E-state index in [2.05, 4.69) is 0 Å². The summed E-state index contributed by atoms with van der Waals surface area (Å²) >= 11 is 1.57. The minimum atomic E-state index is -0.941. The SMILES string of the molecule is CCC(C1=C(O)C(=O)C(C(CC)Cc2ccccc2)OC1=O)c1ccc(C)s1. The van der Waals surface area contributed by atoms with E-state index in [1.807, 2.05) is 63.2 Å². The third kappa shape index (κ3) is 4.04. The molecule has 3 atom stereocenters. The summed E-state index contributed by atoms with van der Waals surface area (Å²) in [6, 6.07) is 13.7. The molecule has 0 saturated heterocycles. The standard InChI is InChI=1S/C23H26O4S/c1-4-16(13-15-9-7-6-8-10-15)22-21(25)20(24)19(23(26)27-22)17(5-2)18-12-11-14(3)28-18/h6-12,16-17,22,24H,4-5,13H2,1-3H3. The average molecular weight is 399 g/mol. The van der Waals surface area contributed by atoms with E-state index in [1.54, 1.807) is 11.3 Å². The van der Waals surface area contributed by atoms with Gasteiger partial charge in [0.15, 0.2) is 11.9 Å². The number of aryl methyl sites for hydroxylation is 1. The zero-order chi connectivity index (χ0) is 20.3. The first-order valence-corrected chi connectivity index (χ1v) is 10.6. The van der Waals surface area contributed by atoms with Gasteiger partial charge in [0.1, 0.15) is 0 Å². The van der Waals surface area contributed by atoms with Crippen LogP contribution in [-0.4, -0.2) is 23.0 Å². The zero-order valence-electron chi connectivity index (χ0n) is 16.5. The third-order valence-electron chi connectivity index (χ3n) is 5.36. The molecule has 1 aliphatic heterocycles. The molecule has 5 heteroatoms. The van der Waals surface area contributed by atoms with E-state index in [4.69, 9.17) is 4.74 Å². The fourth-order valence-corrected chi connectivity index (χ4v) is 4.86. The van der Waals surface area contributed by atoms with Crippen molar-refractivity contribution in [1.82, 2.24) is 0 Å². The number of hydrogen-bond donors (Lipinski definition) is 1. The molecule has 2 aromatic rings.